The summed E-state index contributed by atoms with van der Waals surface area (Å²) in [6.45, 7) is 1.40. The molecule has 148 valence electrons. The molecular weight excluding hydrogens is 376 g/mol. The van der Waals surface area contributed by atoms with E-state index in [1.54, 1.807) is 25.1 Å². The van der Waals surface area contributed by atoms with Crippen LogP contribution in [0.1, 0.15) is 36.3 Å². The van der Waals surface area contributed by atoms with Gasteiger partial charge < -0.3 is 19.8 Å². The highest BCUT2D eigenvalue weighted by molar-refractivity contribution is 5.84. The van der Waals surface area contributed by atoms with Gasteiger partial charge in [0.1, 0.15) is 12.3 Å². The Bertz CT molecular complexity index is 1260. The van der Waals surface area contributed by atoms with Gasteiger partial charge >= 0.3 is 5.97 Å². The average Bonchev–Trinajstić information content (AvgIpc) is 3.05. The fourth-order valence-corrected chi connectivity index (χ4v) is 4.37. The second-order valence-corrected chi connectivity index (χ2v) is 7.28. The first kappa shape index (κ1) is 17.8. The van der Waals surface area contributed by atoms with Crippen molar-refractivity contribution in [1.29, 1.82) is 0 Å². The molecule has 0 saturated heterocycles. The zero-order chi connectivity index (χ0) is 20.5. The van der Waals surface area contributed by atoms with Crippen LogP contribution >= 0.6 is 0 Å². The summed E-state index contributed by atoms with van der Waals surface area (Å²) < 4.78 is 12.8. The Balaban J connectivity index is 1.90. The molecule has 29 heavy (non-hydrogen) atoms. The second kappa shape index (κ2) is 5.88. The molecule has 2 aromatic heterocycles. The molecule has 8 nitrogen and oxygen atoms in total. The standard InChI is InChI=1S/C21H18N2O6/c1-3-21(26)14-9-16-17-12(8-11-6-4-5-7-15(11)23(17)27)19(28-2)22(16)18(24)13(14)10-29-20(21)25/h4-9,19,26H,3,10H2,1-2H3/t19?,21-/m0/s1. The Hall–Kier alpha value is -3.23. The summed E-state index contributed by atoms with van der Waals surface area (Å²) in [5.41, 5.74) is -0.441. The molecule has 0 radical (unpaired) electrons. The lowest BCUT2D eigenvalue weighted by Gasteiger charge is -2.31. The molecule has 0 saturated carbocycles. The third kappa shape index (κ3) is 2.12. The van der Waals surface area contributed by atoms with Crippen molar-refractivity contribution >= 4 is 16.9 Å². The van der Waals surface area contributed by atoms with E-state index in [4.69, 9.17) is 9.47 Å². The van der Waals surface area contributed by atoms with Crippen LogP contribution < -0.4 is 10.3 Å². The van der Waals surface area contributed by atoms with Crippen LogP contribution in [0.2, 0.25) is 0 Å². The zero-order valence-corrected chi connectivity index (χ0v) is 15.8. The molecule has 0 amide bonds. The number of para-hydroxylation sites is 1. The maximum atomic E-state index is 13.3. The van der Waals surface area contributed by atoms with E-state index in [-0.39, 0.29) is 29.8 Å². The van der Waals surface area contributed by atoms with E-state index in [0.717, 1.165) is 10.1 Å². The molecule has 4 heterocycles. The number of fused-ring (bicyclic) bond motifs is 5. The highest BCUT2D eigenvalue weighted by atomic mass is 16.6. The molecule has 0 fully saturated rings. The largest absolute Gasteiger partial charge is 0.618 e. The van der Waals surface area contributed by atoms with Gasteiger partial charge in [0.15, 0.2) is 11.8 Å². The highest BCUT2D eigenvalue weighted by Crippen LogP contribution is 2.42. The first-order valence-electron chi connectivity index (χ1n) is 9.29. The molecule has 3 aromatic rings. The lowest BCUT2D eigenvalue weighted by Crippen LogP contribution is -2.44. The van der Waals surface area contributed by atoms with Gasteiger partial charge in [-0.05, 0) is 24.6 Å². The smallest absolute Gasteiger partial charge is 0.343 e. The van der Waals surface area contributed by atoms with Gasteiger partial charge in [0, 0.05) is 24.1 Å². The summed E-state index contributed by atoms with van der Waals surface area (Å²) in [7, 11) is 1.46. The van der Waals surface area contributed by atoms with Gasteiger partial charge in [0.2, 0.25) is 11.2 Å². The molecule has 1 unspecified atom stereocenters. The van der Waals surface area contributed by atoms with Crippen LogP contribution in [-0.4, -0.2) is 22.8 Å². The fourth-order valence-electron chi connectivity index (χ4n) is 4.37. The molecule has 0 bridgehead atoms. The van der Waals surface area contributed by atoms with Gasteiger partial charge in [-0.2, -0.15) is 4.73 Å². The van der Waals surface area contributed by atoms with Gasteiger partial charge in [0.05, 0.1) is 11.1 Å². The van der Waals surface area contributed by atoms with Gasteiger partial charge in [0.25, 0.3) is 5.56 Å². The lowest BCUT2D eigenvalue weighted by atomic mass is 9.86. The topological polar surface area (TPSA) is 105 Å². The van der Waals surface area contributed by atoms with Crippen LogP contribution in [0.15, 0.2) is 41.2 Å². The first-order chi connectivity index (χ1) is 13.9. The molecule has 2 atom stereocenters. The number of rotatable bonds is 2. The summed E-state index contributed by atoms with van der Waals surface area (Å²) in [6.07, 6.45) is -0.757. The summed E-state index contributed by atoms with van der Waals surface area (Å²) in [4.78, 5) is 25.6. The number of carbonyl (C=O) groups excluding carboxylic acids is 1. The Kier molecular flexibility index (Phi) is 3.62. The van der Waals surface area contributed by atoms with Crippen LogP contribution in [0.3, 0.4) is 0 Å². The second-order valence-electron chi connectivity index (χ2n) is 7.28. The van der Waals surface area contributed by atoms with E-state index in [1.165, 1.54) is 11.7 Å². The molecule has 1 N–H and O–H groups in total. The predicted octanol–water partition coefficient (Wildman–Crippen LogP) is 1.46. The molecule has 0 spiro atoms. The molecule has 5 rings (SSSR count). The minimum absolute atomic E-state index is 0.0391. The van der Waals surface area contributed by atoms with E-state index in [1.807, 2.05) is 18.2 Å². The maximum Gasteiger partial charge on any atom is 0.343 e. The van der Waals surface area contributed by atoms with Gasteiger partial charge in [-0.1, -0.05) is 19.1 Å². The van der Waals surface area contributed by atoms with Crippen LogP contribution in [0.4, 0.5) is 0 Å². The van der Waals surface area contributed by atoms with Crippen molar-refractivity contribution in [1.82, 2.24) is 4.57 Å². The first-order valence-corrected chi connectivity index (χ1v) is 9.29. The zero-order valence-electron chi connectivity index (χ0n) is 15.8. The SMILES string of the molecule is CC[C@@]1(O)C(=O)OCc2c1cc1n(c2=O)C(OC)c2cc3ccccc3[n+]([O-])c2-1. The normalized spacial score (nSPS) is 22.2. The number of hydrogen-bond acceptors (Lipinski definition) is 6. The van der Waals surface area contributed by atoms with Crippen molar-refractivity contribution in [2.75, 3.05) is 7.11 Å². The fraction of sp³-hybridized carbons (Fsp3) is 0.286. The summed E-state index contributed by atoms with van der Waals surface area (Å²) in [5, 5.41) is 24.9. The minimum atomic E-state index is -1.93. The number of ether oxygens (including phenoxy) is 2. The number of aromatic nitrogens is 2. The third-order valence-corrected chi connectivity index (χ3v) is 5.89. The third-order valence-electron chi connectivity index (χ3n) is 5.89. The van der Waals surface area contributed by atoms with E-state index < -0.39 is 23.4 Å². The quantitative estimate of drug-likeness (QED) is 0.401. The molecule has 1 aromatic carbocycles. The van der Waals surface area contributed by atoms with Gasteiger partial charge in [-0.25, -0.2) is 4.79 Å². The molecule has 8 heteroatoms. The van der Waals surface area contributed by atoms with Crippen molar-refractivity contribution in [3.63, 3.8) is 0 Å². The molecule has 2 aliphatic heterocycles. The summed E-state index contributed by atoms with van der Waals surface area (Å²) in [6, 6.07) is 10.5. The highest BCUT2D eigenvalue weighted by Gasteiger charge is 2.47. The van der Waals surface area contributed by atoms with E-state index >= 15 is 0 Å². The van der Waals surface area contributed by atoms with E-state index in [9.17, 15) is 19.9 Å². The number of hydrogen-bond donors (Lipinski definition) is 1. The Morgan fingerprint density at radius 1 is 1.34 bits per heavy atom. The van der Waals surface area contributed by atoms with Crippen LogP contribution in [0.25, 0.3) is 22.3 Å². The van der Waals surface area contributed by atoms with E-state index in [0.29, 0.717) is 16.8 Å². The monoisotopic (exact) mass is 394 g/mol. The van der Waals surface area contributed by atoms with Crippen molar-refractivity contribution in [2.24, 2.45) is 0 Å². The number of methoxy groups -OCH3 is 1. The molecule has 2 aliphatic rings. The Morgan fingerprint density at radius 3 is 2.83 bits per heavy atom. The van der Waals surface area contributed by atoms with E-state index in [2.05, 4.69) is 0 Å². The number of cyclic esters (lactones) is 1. The van der Waals surface area contributed by atoms with Crippen LogP contribution in [0.5, 0.6) is 0 Å². The maximum absolute atomic E-state index is 13.3. The minimum Gasteiger partial charge on any atom is -0.618 e. The van der Waals surface area contributed by atoms with Crippen LogP contribution in [0, 0.1) is 5.21 Å². The molecule has 0 aliphatic carbocycles. The number of carbonyl (C=O) groups is 1. The number of nitrogens with zero attached hydrogens (tertiary/aromatic N) is 2. The number of benzene rings is 1. The lowest BCUT2D eigenvalue weighted by molar-refractivity contribution is -0.565. The van der Waals surface area contributed by atoms with Crippen molar-refractivity contribution in [2.45, 2.75) is 31.8 Å². The molecular formula is C21H18N2O6. The summed E-state index contributed by atoms with van der Waals surface area (Å²) in [5.74, 6) is -0.799. The van der Waals surface area contributed by atoms with Crippen molar-refractivity contribution in [3.8, 4) is 11.4 Å². The van der Waals surface area contributed by atoms with Gasteiger partial charge in [-0.15, -0.1) is 0 Å². The van der Waals surface area contributed by atoms with Crippen LogP contribution in [-0.2, 0) is 26.5 Å². The van der Waals surface area contributed by atoms with Gasteiger partial charge in [-0.3, -0.25) is 9.36 Å². The Morgan fingerprint density at radius 2 is 2.10 bits per heavy atom. The number of pyridine rings is 2. The summed E-state index contributed by atoms with van der Waals surface area (Å²) >= 11 is 0. The Labute approximate surface area is 165 Å². The predicted molar refractivity (Wildman–Crippen MR) is 102 cm³/mol. The number of esters is 1. The van der Waals surface area contributed by atoms with Crippen molar-refractivity contribution < 1.29 is 24.1 Å². The van der Waals surface area contributed by atoms with Crippen molar-refractivity contribution in [3.05, 3.63) is 68.6 Å². The average molecular weight is 394 g/mol. The number of aliphatic hydroxyl groups is 1.